The van der Waals surface area contributed by atoms with Gasteiger partial charge in [-0.25, -0.2) is 0 Å². The molecule has 66 valence electrons. The first kappa shape index (κ1) is 8.10. The van der Waals surface area contributed by atoms with Crippen LogP contribution in [0.4, 0.5) is 0 Å². The van der Waals surface area contributed by atoms with Gasteiger partial charge in [0.2, 0.25) is 0 Å². The van der Waals surface area contributed by atoms with E-state index in [0.717, 1.165) is 38.9 Å². The van der Waals surface area contributed by atoms with E-state index in [1.165, 1.54) is 0 Å². The smallest absolute Gasteiger partial charge is 0.168 e. The lowest BCUT2D eigenvalue weighted by Crippen LogP contribution is -2.34. The number of hydrogen-bond donors (Lipinski definition) is 0. The number of rotatable bonds is 0. The molecule has 2 fully saturated rings. The second-order valence-electron chi connectivity index (χ2n) is 3.55. The van der Waals surface area contributed by atoms with Gasteiger partial charge in [0.25, 0.3) is 0 Å². The average molecular weight is 166 g/mol. The molecule has 0 aromatic rings. The third kappa shape index (κ3) is 1.35. The molecule has 0 N–H and O–H groups in total. The number of terminal acetylenes is 1. The molecule has 0 bridgehead atoms. The molecule has 0 aromatic heterocycles. The molecule has 1 aliphatic heterocycles. The van der Waals surface area contributed by atoms with Gasteiger partial charge >= 0.3 is 0 Å². The molecule has 0 unspecified atom stereocenters. The Morgan fingerprint density at radius 2 is 1.75 bits per heavy atom. The highest BCUT2D eigenvalue weighted by Crippen LogP contribution is 2.37. The van der Waals surface area contributed by atoms with Crippen molar-refractivity contribution < 1.29 is 9.47 Å². The second-order valence-corrected chi connectivity index (χ2v) is 3.55. The van der Waals surface area contributed by atoms with Crippen LogP contribution in [-0.2, 0) is 9.47 Å². The highest BCUT2D eigenvalue weighted by Gasteiger charge is 2.39. The summed E-state index contributed by atoms with van der Waals surface area (Å²) in [5.74, 6) is 3.00. The first-order valence-electron chi connectivity index (χ1n) is 4.59. The Balaban J connectivity index is 1.93. The lowest BCUT2D eigenvalue weighted by atomic mass is 9.86. The average Bonchev–Trinajstić information content (AvgIpc) is 2.55. The van der Waals surface area contributed by atoms with Crippen molar-refractivity contribution in [2.45, 2.75) is 31.5 Å². The predicted octanol–water partition coefficient (Wildman–Crippen LogP) is 1.55. The van der Waals surface area contributed by atoms with Crippen LogP contribution in [0.2, 0.25) is 0 Å². The number of hydrogen-bond acceptors (Lipinski definition) is 2. The summed E-state index contributed by atoms with van der Waals surface area (Å²) in [6.07, 6.45) is 9.41. The highest BCUT2D eigenvalue weighted by molar-refractivity contribution is 4.97. The van der Waals surface area contributed by atoms with Crippen LogP contribution in [0.5, 0.6) is 0 Å². The van der Waals surface area contributed by atoms with Crippen molar-refractivity contribution in [1.82, 2.24) is 0 Å². The fourth-order valence-electron chi connectivity index (χ4n) is 2.01. The van der Waals surface area contributed by atoms with E-state index < -0.39 is 0 Å². The topological polar surface area (TPSA) is 18.5 Å². The molecule has 1 saturated carbocycles. The second kappa shape index (κ2) is 3.08. The van der Waals surface area contributed by atoms with Crippen LogP contribution in [0.15, 0.2) is 0 Å². The minimum absolute atomic E-state index is 0.243. The van der Waals surface area contributed by atoms with Crippen LogP contribution in [0.1, 0.15) is 25.7 Å². The maximum atomic E-state index is 5.58. The van der Waals surface area contributed by atoms with E-state index in [1.807, 2.05) is 0 Å². The van der Waals surface area contributed by atoms with Gasteiger partial charge in [-0.3, -0.25) is 0 Å². The normalized spacial score (nSPS) is 28.9. The number of ether oxygens (including phenoxy) is 2. The zero-order chi connectivity index (χ0) is 8.44. The predicted molar refractivity (Wildman–Crippen MR) is 45.4 cm³/mol. The van der Waals surface area contributed by atoms with E-state index in [4.69, 9.17) is 15.9 Å². The minimum atomic E-state index is -0.243. The van der Waals surface area contributed by atoms with Gasteiger partial charge in [0.1, 0.15) is 0 Å². The molecule has 1 spiro atoms. The zero-order valence-electron chi connectivity index (χ0n) is 7.21. The SMILES string of the molecule is C#CC1CCC2(CC1)OCCO2. The van der Waals surface area contributed by atoms with Crippen molar-refractivity contribution in [3.63, 3.8) is 0 Å². The molecular formula is C10H14O2. The Labute approximate surface area is 73.2 Å². The maximum Gasteiger partial charge on any atom is 0.168 e. The monoisotopic (exact) mass is 166 g/mol. The molecule has 2 heteroatoms. The van der Waals surface area contributed by atoms with Gasteiger partial charge in [-0.05, 0) is 12.8 Å². The summed E-state index contributed by atoms with van der Waals surface area (Å²) in [4.78, 5) is 0. The standard InChI is InChI=1S/C10H14O2/c1-2-9-3-5-10(6-4-9)11-7-8-12-10/h1,9H,3-8H2. The zero-order valence-corrected chi connectivity index (χ0v) is 7.21. The molecule has 0 radical (unpaired) electrons. The van der Waals surface area contributed by atoms with Gasteiger partial charge in [0.15, 0.2) is 5.79 Å². The summed E-state index contributed by atoms with van der Waals surface area (Å²) in [7, 11) is 0. The van der Waals surface area contributed by atoms with Crippen LogP contribution in [0.3, 0.4) is 0 Å². The van der Waals surface area contributed by atoms with Gasteiger partial charge in [-0.15, -0.1) is 12.3 Å². The summed E-state index contributed by atoms with van der Waals surface area (Å²) in [5, 5.41) is 0. The van der Waals surface area contributed by atoms with Crippen LogP contribution in [0.25, 0.3) is 0 Å². The minimum Gasteiger partial charge on any atom is -0.348 e. The molecule has 12 heavy (non-hydrogen) atoms. The lowest BCUT2D eigenvalue weighted by molar-refractivity contribution is -0.180. The van der Waals surface area contributed by atoms with Crippen LogP contribution in [0, 0.1) is 18.3 Å². The summed E-state index contributed by atoms with van der Waals surface area (Å²) < 4.78 is 11.2. The Morgan fingerprint density at radius 3 is 2.25 bits per heavy atom. The molecule has 0 amide bonds. The van der Waals surface area contributed by atoms with Crippen LogP contribution in [-0.4, -0.2) is 19.0 Å². The molecule has 1 saturated heterocycles. The first-order valence-corrected chi connectivity index (χ1v) is 4.59. The highest BCUT2D eigenvalue weighted by atomic mass is 16.7. The van der Waals surface area contributed by atoms with E-state index in [-0.39, 0.29) is 5.79 Å². The van der Waals surface area contributed by atoms with Gasteiger partial charge in [-0.1, -0.05) is 0 Å². The fourth-order valence-corrected chi connectivity index (χ4v) is 2.01. The Kier molecular flexibility index (Phi) is 2.08. The van der Waals surface area contributed by atoms with Crippen LogP contribution < -0.4 is 0 Å². The van der Waals surface area contributed by atoms with E-state index in [9.17, 15) is 0 Å². The summed E-state index contributed by atoms with van der Waals surface area (Å²) in [6.45, 7) is 1.50. The summed E-state index contributed by atoms with van der Waals surface area (Å²) >= 11 is 0. The first-order chi connectivity index (χ1) is 5.85. The summed E-state index contributed by atoms with van der Waals surface area (Å²) in [6, 6.07) is 0. The molecule has 2 aliphatic rings. The van der Waals surface area contributed by atoms with Gasteiger partial charge in [-0.2, -0.15) is 0 Å². The van der Waals surface area contributed by atoms with Gasteiger partial charge in [0, 0.05) is 18.8 Å². The van der Waals surface area contributed by atoms with Gasteiger partial charge < -0.3 is 9.47 Å². The largest absolute Gasteiger partial charge is 0.348 e. The van der Waals surface area contributed by atoms with E-state index in [0.29, 0.717) is 5.92 Å². The van der Waals surface area contributed by atoms with E-state index in [1.54, 1.807) is 0 Å². The quantitative estimate of drug-likeness (QED) is 0.508. The van der Waals surface area contributed by atoms with E-state index >= 15 is 0 Å². The van der Waals surface area contributed by atoms with E-state index in [2.05, 4.69) is 5.92 Å². The third-order valence-electron chi connectivity index (χ3n) is 2.80. The molecule has 2 rings (SSSR count). The molecular weight excluding hydrogens is 152 g/mol. The Bertz CT molecular complexity index is 188. The molecule has 0 aromatic carbocycles. The van der Waals surface area contributed by atoms with Gasteiger partial charge in [0.05, 0.1) is 13.2 Å². The van der Waals surface area contributed by atoms with Crippen molar-refractivity contribution in [2.24, 2.45) is 5.92 Å². The lowest BCUT2D eigenvalue weighted by Gasteiger charge is -2.33. The molecule has 1 heterocycles. The van der Waals surface area contributed by atoms with Crippen LogP contribution >= 0.6 is 0 Å². The Hall–Kier alpha value is -0.520. The van der Waals surface area contributed by atoms with Crippen molar-refractivity contribution in [3.05, 3.63) is 0 Å². The Morgan fingerprint density at radius 1 is 1.17 bits per heavy atom. The fraction of sp³-hybridized carbons (Fsp3) is 0.800. The molecule has 2 nitrogen and oxygen atoms in total. The van der Waals surface area contributed by atoms with Crippen molar-refractivity contribution in [1.29, 1.82) is 0 Å². The summed E-state index contributed by atoms with van der Waals surface area (Å²) in [5.41, 5.74) is 0. The molecule has 0 atom stereocenters. The molecule has 1 aliphatic carbocycles. The maximum absolute atomic E-state index is 5.58. The van der Waals surface area contributed by atoms with Crippen molar-refractivity contribution >= 4 is 0 Å². The van der Waals surface area contributed by atoms with Crippen molar-refractivity contribution in [2.75, 3.05) is 13.2 Å². The third-order valence-corrected chi connectivity index (χ3v) is 2.80. The van der Waals surface area contributed by atoms with Crippen molar-refractivity contribution in [3.8, 4) is 12.3 Å².